The minimum absolute atomic E-state index is 0.145. The van der Waals surface area contributed by atoms with Crippen LogP contribution < -0.4 is 4.74 Å². The van der Waals surface area contributed by atoms with E-state index in [2.05, 4.69) is 12.6 Å². The van der Waals surface area contributed by atoms with Gasteiger partial charge >= 0.3 is 0 Å². The molecule has 4 heteroatoms. The lowest BCUT2D eigenvalue weighted by Crippen LogP contribution is -2.24. The number of ether oxygens (including phenoxy) is 2. The van der Waals surface area contributed by atoms with Crippen LogP contribution in [0.2, 0.25) is 5.02 Å². The molecule has 1 N–H and O–H groups in total. The highest BCUT2D eigenvalue weighted by Gasteiger charge is 2.12. The molecule has 3 nitrogen and oxygen atoms in total. The zero-order valence-electron chi connectivity index (χ0n) is 14.2. The van der Waals surface area contributed by atoms with Crippen molar-refractivity contribution in [2.24, 2.45) is 0 Å². The first-order valence-electron chi connectivity index (χ1n) is 8.18. The topological polar surface area (TPSA) is 38.7 Å². The van der Waals surface area contributed by atoms with Gasteiger partial charge in [-0.3, -0.25) is 0 Å². The number of benzene rings is 3. The summed E-state index contributed by atoms with van der Waals surface area (Å²) in [7, 11) is 0. The minimum Gasteiger partial charge on any atom is -0.489 e. The first-order valence-corrected chi connectivity index (χ1v) is 8.56. The van der Waals surface area contributed by atoms with Gasteiger partial charge in [0.25, 0.3) is 0 Å². The molecule has 25 heavy (non-hydrogen) atoms. The summed E-state index contributed by atoms with van der Waals surface area (Å²) in [5.74, 6) is 0.731. The lowest BCUT2D eigenvalue weighted by Gasteiger charge is -2.16. The van der Waals surface area contributed by atoms with E-state index >= 15 is 0 Å². The number of hydrogen-bond donors (Lipinski definition) is 1. The Morgan fingerprint density at radius 2 is 1.84 bits per heavy atom. The van der Waals surface area contributed by atoms with Gasteiger partial charge in [0.15, 0.2) is 0 Å². The van der Waals surface area contributed by atoms with Gasteiger partial charge in [-0.15, -0.1) is 0 Å². The average Bonchev–Trinajstić information content (AvgIpc) is 2.58. The smallest absolute Gasteiger partial charge is 0.135 e. The molecule has 0 aliphatic carbocycles. The Morgan fingerprint density at radius 1 is 1.08 bits per heavy atom. The van der Waals surface area contributed by atoms with Crippen molar-refractivity contribution in [2.45, 2.75) is 13.0 Å². The van der Waals surface area contributed by atoms with Crippen LogP contribution in [0.25, 0.3) is 21.5 Å². The van der Waals surface area contributed by atoms with E-state index in [0.29, 0.717) is 11.6 Å². The zero-order chi connectivity index (χ0) is 17.8. The summed E-state index contributed by atoms with van der Waals surface area (Å²) < 4.78 is 11.4. The maximum Gasteiger partial charge on any atom is 0.135 e. The molecule has 0 aliphatic heterocycles. The van der Waals surface area contributed by atoms with E-state index in [1.165, 1.54) is 0 Å². The van der Waals surface area contributed by atoms with Crippen molar-refractivity contribution in [1.82, 2.24) is 0 Å². The van der Waals surface area contributed by atoms with E-state index in [0.717, 1.165) is 32.9 Å². The number of aliphatic hydroxyl groups is 1. The lowest BCUT2D eigenvalue weighted by molar-refractivity contribution is 0.0202. The summed E-state index contributed by atoms with van der Waals surface area (Å²) in [6, 6.07) is 15.9. The Bertz CT molecular complexity index is 904. The molecule has 0 amide bonds. The number of halogens is 1. The summed E-state index contributed by atoms with van der Waals surface area (Å²) >= 11 is 6.17. The minimum atomic E-state index is -0.715. The van der Waals surface area contributed by atoms with E-state index in [4.69, 9.17) is 21.1 Å². The van der Waals surface area contributed by atoms with Crippen LogP contribution in [0.1, 0.15) is 6.92 Å². The lowest BCUT2D eigenvalue weighted by atomic mass is 10.0. The highest BCUT2D eigenvalue weighted by Crippen LogP contribution is 2.36. The predicted molar refractivity (Wildman–Crippen MR) is 104 cm³/mol. The average molecular weight is 357 g/mol. The fourth-order valence-corrected chi connectivity index (χ4v) is 2.92. The third-order valence-corrected chi connectivity index (χ3v) is 4.09. The summed E-state index contributed by atoms with van der Waals surface area (Å²) in [5.41, 5.74) is 0.919. The van der Waals surface area contributed by atoms with Crippen LogP contribution in [0.3, 0.4) is 0 Å². The molecule has 0 aliphatic rings. The second-order valence-corrected chi connectivity index (χ2v) is 6.67. The Labute approximate surface area is 152 Å². The summed E-state index contributed by atoms with van der Waals surface area (Å²) in [5, 5.41) is 14.8. The Balaban J connectivity index is 1.87. The normalized spacial score (nSPS) is 12.4. The molecule has 1 atom stereocenters. The van der Waals surface area contributed by atoms with E-state index in [-0.39, 0.29) is 13.2 Å². The molecule has 3 aromatic carbocycles. The van der Waals surface area contributed by atoms with Crippen LogP contribution >= 0.6 is 11.6 Å². The molecule has 0 saturated carbocycles. The number of aliphatic hydroxyl groups excluding tert-OH is 1. The van der Waals surface area contributed by atoms with Crippen molar-refractivity contribution in [1.29, 1.82) is 0 Å². The van der Waals surface area contributed by atoms with Crippen molar-refractivity contribution < 1.29 is 14.6 Å². The molecule has 1 unspecified atom stereocenters. The van der Waals surface area contributed by atoms with Gasteiger partial charge in [-0.2, -0.15) is 0 Å². The molecule has 3 rings (SSSR count). The molecule has 0 heterocycles. The maximum atomic E-state index is 10.1. The monoisotopic (exact) mass is 356 g/mol. The van der Waals surface area contributed by atoms with Crippen molar-refractivity contribution >= 4 is 33.1 Å². The van der Waals surface area contributed by atoms with Crippen molar-refractivity contribution in [3.63, 3.8) is 0 Å². The van der Waals surface area contributed by atoms with Gasteiger partial charge in [-0.1, -0.05) is 54.1 Å². The van der Waals surface area contributed by atoms with Gasteiger partial charge in [-0.25, -0.2) is 0 Å². The Morgan fingerprint density at radius 3 is 2.64 bits per heavy atom. The molecule has 130 valence electrons. The molecule has 0 fully saturated rings. The van der Waals surface area contributed by atoms with Crippen LogP contribution in [-0.4, -0.2) is 31.0 Å². The number of hydrogen-bond acceptors (Lipinski definition) is 3. The number of fused-ring (bicyclic) bond motifs is 2. The van der Waals surface area contributed by atoms with Crippen LogP contribution in [0.4, 0.5) is 0 Å². The molecular weight excluding hydrogens is 336 g/mol. The van der Waals surface area contributed by atoms with Gasteiger partial charge < -0.3 is 14.6 Å². The molecule has 0 bridgehead atoms. The maximum absolute atomic E-state index is 10.1. The Kier molecular flexibility index (Phi) is 5.59. The molecule has 0 saturated heterocycles. The largest absolute Gasteiger partial charge is 0.489 e. The van der Waals surface area contributed by atoms with Crippen LogP contribution in [0.15, 0.2) is 60.7 Å². The Hall–Kier alpha value is -2.07. The van der Waals surface area contributed by atoms with Gasteiger partial charge in [-0.05, 0) is 35.9 Å². The van der Waals surface area contributed by atoms with Gasteiger partial charge in [0.05, 0.1) is 13.2 Å². The van der Waals surface area contributed by atoms with Crippen LogP contribution in [0, 0.1) is 0 Å². The highest BCUT2D eigenvalue weighted by molar-refractivity contribution is 6.31. The van der Waals surface area contributed by atoms with Crippen LogP contribution in [0.5, 0.6) is 5.75 Å². The molecular formula is C21H21ClO3. The second kappa shape index (κ2) is 7.87. The molecule has 0 spiro atoms. The van der Waals surface area contributed by atoms with E-state index in [1.807, 2.05) is 49.4 Å². The first-order chi connectivity index (χ1) is 12.0. The van der Waals surface area contributed by atoms with Crippen LogP contribution in [-0.2, 0) is 4.74 Å². The zero-order valence-corrected chi connectivity index (χ0v) is 14.9. The standard InChI is InChI=1S/C21H21ClO3/c1-14(2)11-24-12-18(23)13-25-21-19-6-4-3-5-15(19)9-16-7-8-17(22)10-20(16)21/h3-10,18,23H,1,11-13H2,2H3. The molecule has 0 radical (unpaired) electrons. The predicted octanol–water partition coefficient (Wildman–Crippen LogP) is 4.98. The van der Waals surface area contributed by atoms with Gasteiger partial charge in [0, 0.05) is 15.8 Å². The third kappa shape index (κ3) is 4.31. The van der Waals surface area contributed by atoms with E-state index in [9.17, 15) is 5.11 Å². The quantitative estimate of drug-likeness (QED) is 0.479. The summed E-state index contributed by atoms with van der Waals surface area (Å²) in [4.78, 5) is 0. The molecule has 3 aromatic rings. The SMILES string of the molecule is C=C(C)COCC(O)COc1c2ccccc2cc2ccc(Cl)cc12. The van der Waals surface area contributed by atoms with Gasteiger partial charge in [0.1, 0.15) is 18.5 Å². The van der Waals surface area contributed by atoms with Crippen molar-refractivity contribution in [2.75, 3.05) is 19.8 Å². The molecule has 0 aromatic heterocycles. The summed E-state index contributed by atoms with van der Waals surface area (Å²) in [6.07, 6.45) is -0.715. The van der Waals surface area contributed by atoms with Crippen molar-refractivity contribution in [3.8, 4) is 5.75 Å². The fraction of sp³-hybridized carbons (Fsp3) is 0.238. The number of rotatable bonds is 7. The highest BCUT2D eigenvalue weighted by atomic mass is 35.5. The summed E-state index contributed by atoms with van der Waals surface area (Å²) in [6.45, 7) is 6.44. The van der Waals surface area contributed by atoms with E-state index in [1.54, 1.807) is 0 Å². The first kappa shape index (κ1) is 17.7. The van der Waals surface area contributed by atoms with Gasteiger partial charge in [0.2, 0.25) is 0 Å². The van der Waals surface area contributed by atoms with Crippen molar-refractivity contribution in [3.05, 3.63) is 65.7 Å². The van der Waals surface area contributed by atoms with E-state index < -0.39 is 6.10 Å². The fourth-order valence-electron chi connectivity index (χ4n) is 2.75. The second-order valence-electron chi connectivity index (χ2n) is 6.23. The third-order valence-electron chi connectivity index (χ3n) is 3.86.